The Bertz CT molecular complexity index is 1430. The number of halogens is 1. The SMILES string of the molecule is O=C(CCCSc1nc2ccccc2c(=O)n1-c1cccc(Cl)c1)N1CCC(Cc2ccccc2)CC1. The summed E-state index contributed by atoms with van der Waals surface area (Å²) in [6.07, 6.45) is 4.44. The summed E-state index contributed by atoms with van der Waals surface area (Å²) in [5.41, 5.74) is 2.61. The molecule has 1 amide bonds. The van der Waals surface area contributed by atoms with Gasteiger partial charge in [-0.1, -0.05) is 71.9 Å². The summed E-state index contributed by atoms with van der Waals surface area (Å²) in [7, 11) is 0. The van der Waals surface area contributed by atoms with Crippen LogP contribution in [0.15, 0.2) is 88.8 Å². The van der Waals surface area contributed by atoms with Crippen LogP contribution in [0.2, 0.25) is 5.02 Å². The summed E-state index contributed by atoms with van der Waals surface area (Å²) in [6.45, 7) is 1.67. The Balaban J connectivity index is 1.19. The average molecular weight is 532 g/mol. The van der Waals surface area contributed by atoms with E-state index < -0.39 is 0 Å². The number of nitrogens with zero attached hydrogens (tertiary/aromatic N) is 3. The van der Waals surface area contributed by atoms with Crippen LogP contribution in [0.3, 0.4) is 0 Å². The van der Waals surface area contributed by atoms with E-state index in [1.165, 1.54) is 17.3 Å². The Morgan fingerprint density at radius 2 is 1.73 bits per heavy atom. The zero-order valence-corrected chi connectivity index (χ0v) is 22.3. The first kappa shape index (κ1) is 25.6. The lowest BCUT2D eigenvalue weighted by Crippen LogP contribution is -2.38. The molecule has 5 rings (SSSR count). The summed E-state index contributed by atoms with van der Waals surface area (Å²) in [5.74, 6) is 1.56. The highest BCUT2D eigenvalue weighted by Crippen LogP contribution is 2.25. The van der Waals surface area contributed by atoms with Crippen molar-refractivity contribution in [2.75, 3.05) is 18.8 Å². The smallest absolute Gasteiger partial charge is 0.266 e. The highest BCUT2D eigenvalue weighted by molar-refractivity contribution is 7.99. The van der Waals surface area contributed by atoms with E-state index in [1.807, 2.05) is 35.2 Å². The van der Waals surface area contributed by atoms with Crippen LogP contribution >= 0.6 is 23.4 Å². The van der Waals surface area contributed by atoms with Gasteiger partial charge < -0.3 is 4.90 Å². The lowest BCUT2D eigenvalue weighted by atomic mass is 9.90. The van der Waals surface area contributed by atoms with Crippen molar-refractivity contribution in [2.45, 2.75) is 37.3 Å². The van der Waals surface area contributed by atoms with Crippen molar-refractivity contribution >= 4 is 40.2 Å². The molecular weight excluding hydrogens is 502 g/mol. The second-order valence-electron chi connectivity index (χ2n) is 9.50. The van der Waals surface area contributed by atoms with E-state index in [0.717, 1.165) is 38.8 Å². The van der Waals surface area contributed by atoms with E-state index in [1.54, 1.807) is 22.8 Å². The molecule has 0 atom stereocenters. The molecule has 1 saturated heterocycles. The number of likely N-dealkylation sites (tertiary alicyclic amines) is 1. The molecule has 1 fully saturated rings. The maximum Gasteiger partial charge on any atom is 0.266 e. The molecule has 0 spiro atoms. The van der Waals surface area contributed by atoms with E-state index in [4.69, 9.17) is 16.6 Å². The minimum Gasteiger partial charge on any atom is -0.343 e. The number of thioether (sulfide) groups is 1. The zero-order valence-electron chi connectivity index (χ0n) is 20.7. The molecular formula is C30H30ClN3O2S. The number of rotatable bonds is 8. The Kier molecular flexibility index (Phi) is 8.27. The summed E-state index contributed by atoms with van der Waals surface area (Å²) in [6, 6.07) is 25.2. The fourth-order valence-electron chi connectivity index (χ4n) is 4.93. The Labute approximate surface area is 226 Å². The molecule has 4 aromatic rings. The second kappa shape index (κ2) is 12.0. The Hall–Kier alpha value is -3.09. The number of piperidine rings is 1. The third-order valence-corrected chi connectivity index (χ3v) is 8.17. The first-order valence-electron chi connectivity index (χ1n) is 12.8. The van der Waals surface area contributed by atoms with Gasteiger partial charge in [-0.3, -0.25) is 14.2 Å². The van der Waals surface area contributed by atoms with Crippen molar-refractivity contribution in [1.82, 2.24) is 14.5 Å². The second-order valence-corrected chi connectivity index (χ2v) is 11.0. The van der Waals surface area contributed by atoms with Gasteiger partial charge in [0.2, 0.25) is 5.91 Å². The predicted molar refractivity (Wildman–Crippen MR) is 152 cm³/mol. The van der Waals surface area contributed by atoms with Crippen LogP contribution in [0.1, 0.15) is 31.2 Å². The lowest BCUT2D eigenvalue weighted by Gasteiger charge is -2.32. The van der Waals surface area contributed by atoms with Crippen LogP contribution in [0.5, 0.6) is 0 Å². The van der Waals surface area contributed by atoms with Gasteiger partial charge in [-0.25, -0.2) is 4.98 Å². The van der Waals surface area contributed by atoms with Crippen LogP contribution in [0.4, 0.5) is 0 Å². The van der Waals surface area contributed by atoms with Gasteiger partial charge in [0.1, 0.15) is 0 Å². The third kappa shape index (κ3) is 6.25. The van der Waals surface area contributed by atoms with Crippen molar-refractivity contribution in [3.8, 4) is 5.69 Å². The fourth-order valence-corrected chi connectivity index (χ4v) is 6.07. The normalized spacial score (nSPS) is 14.2. The zero-order chi connectivity index (χ0) is 25.6. The minimum absolute atomic E-state index is 0.121. The number of amides is 1. The van der Waals surface area contributed by atoms with Gasteiger partial charge in [0.25, 0.3) is 5.56 Å². The molecule has 37 heavy (non-hydrogen) atoms. The number of aromatic nitrogens is 2. The lowest BCUT2D eigenvalue weighted by molar-refractivity contribution is -0.132. The minimum atomic E-state index is -0.121. The molecule has 190 valence electrons. The maximum atomic E-state index is 13.4. The van der Waals surface area contributed by atoms with Crippen molar-refractivity contribution in [1.29, 1.82) is 0 Å². The number of carbonyl (C=O) groups is 1. The standard InChI is InChI=1S/C30H30ClN3O2S/c31-24-10-6-11-25(21-24)34-29(36)26-12-4-5-13-27(26)32-30(34)37-19-7-14-28(35)33-17-15-23(16-18-33)20-22-8-2-1-3-9-22/h1-6,8-13,21,23H,7,14-20H2. The van der Waals surface area contributed by atoms with Crippen molar-refractivity contribution < 1.29 is 4.79 Å². The van der Waals surface area contributed by atoms with Gasteiger partial charge >= 0.3 is 0 Å². The molecule has 0 N–H and O–H groups in total. The predicted octanol–water partition coefficient (Wildman–Crippen LogP) is 6.39. The highest BCUT2D eigenvalue weighted by Gasteiger charge is 2.23. The Morgan fingerprint density at radius 3 is 2.51 bits per heavy atom. The van der Waals surface area contributed by atoms with Gasteiger partial charge in [0.05, 0.1) is 16.6 Å². The monoisotopic (exact) mass is 531 g/mol. The molecule has 7 heteroatoms. The first-order valence-corrected chi connectivity index (χ1v) is 14.2. The topological polar surface area (TPSA) is 55.2 Å². The van der Waals surface area contributed by atoms with Gasteiger partial charge in [-0.15, -0.1) is 0 Å². The molecule has 0 saturated carbocycles. The van der Waals surface area contributed by atoms with Crippen LogP contribution in [-0.2, 0) is 11.2 Å². The Morgan fingerprint density at radius 1 is 0.973 bits per heavy atom. The molecule has 5 nitrogen and oxygen atoms in total. The first-order chi connectivity index (χ1) is 18.1. The number of benzene rings is 3. The van der Waals surface area contributed by atoms with Crippen molar-refractivity contribution in [3.63, 3.8) is 0 Å². The molecule has 1 aliphatic heterocycles. The number of carbonyl (C=O) groups excluding carboxylic acids is 1. The summed E-state index contributed by atoms with van der Waals surface area (Å²) >= 11 is 7.72. The third-order valence-electron chi connectivity index (χ3n) is 6.91. The number of para-hydroxylation sites is 1. The number of fused-ring (bicyclic) bond motifs is 1. The van der Waals surface area contributed by atoms with Crippen LogP contribution in [-0.4, -0.2) is 39.2 Å². The van der Waals surface area contributed by atoms with E-state index in [9.17, 15) is 9.59 Å². The molecule has 2 heterocycles. The van der Waals surface area contributed by atoms with Crippen LogP contribution < -0.4 is 5.56 Å². The van der Waals surface area contributed by atoms with Crippen LogP contribution in [0, 0.1) is 5.92 Å². The van der Waals surface area contributed by atoms with Gasteiger partial charge in [-0.05, 0) is 67.5 Å². The molecule has 3 aromatic carbocycles. The number of hydrogen-bond donors (Lipinski definition) is 0. The van der Waals surface area contributed by atoms with E-state index in [-0.39, 0.29) is 11.5 Å². The largest absolute Gasteiger partial charge is 0.343 e. The van der Waals surface area contributed by atoms with E-state index in [2.05, 4.69) is 30.3 Å². The fraction of sp³-hybridized carbons (Fsp3) is 0.300. The maximum absolute atomic E-state index is 13.4. The average Bonchev–Trinajstić information content (AvgIpc) is 2.92. The molecule has 0 aliphatic carbocycles. The molecule has 0 unspecified atom stereocenters. The van der Waals surface area contributed by atoms with E-state index in [0.29, 0.717) is 44.9 Å². The summed E-state index contributed by atoms with van der Waals surface area (Å²) < 4.78 is 1.62. The molecule has 1 aromatic heterocycles. The quantitative estimate of drug-likeness (QED) is 0.150. The molecule has 0 bridgehead atoms. The molecule has 1 aliphatic rings. The van der Waals surface area contributed by atoms with Crippen molar-refractivity contribution in [3.05, 3.63) is 99.8 Å². The van der Waals surface area contributed by atoms with Gasteiger partial charge in [-0.2, -0.15) is 0 Å². The number of hydrogen-bond acceptors (Lipinski definition) is 4. The van der Waals surface area contributed by atoms with Crippen LogP contribution in [0.25, 0.3) is 16.6 Å². The summed E-state index contributed by atoms with van der Waals surface area (Å²) in [5, 5.41) is 1.74. The highest BCUT2D eigenvalue weighted by atomic mass is 35.5. The van der Waals surface area contributed by atoms with Gasteiger partial charge in [0.15, 0.2) is 5.16 Å². The molecule has 0 radical (unpaired) electrons. The van der Waals surface area contributed by atoms with Crippen molar-refractivity contribution in [2.24, 2.45) is 5.92 Å². The summed E-state index contributed by atoms with van der Waals surface area (Å²) in [4.78, 5) is 33.0. The van der Waals surface area contributed by atoms with E-state index >= 15 is 0 Å². The van der Waals surface area contributed by atoms with Gasteiger partial charge in [0, 0.05) is 30.3 Å².